The molecular weight excluding hydrogens is 246 g/mol. The Labute approximate surface area is 119 Å². The van der Waals surface area contributed by atoms with Gasteiger partial charge in [-0.05, 0) is 37.1 Å². The predicted octanol–water partition coefficient (Wildman–Crippen LogP) is 3.72. The number of hydrogen-bond acceptors (Lipinski definition) is 2. The average molecular weight is 265 g/mol. The molecule has 2 heterocycles. The molecule has 0 aliphatic heterocycles. The van der Waals surface area contributed by atoms with Crippen LogP contribution in [0.1, 0.15) is 29.7 Å². The Morgan fingerprint density at radius 1 is 1.20 bits per heavy atom. The number of benzene rings is 1. The first-order chi connectivity index (χ1) is 9.74. The minimum absolute atomic E-state index is 0.331. The Morgan fingerprint density at radius 2 is 2.00 bits per heavy atom. The van der Waals surface area contributed by atoms with Crippen LogP contribution in [0.5, 0.6) is 0 Å². The fourth-order valence-electron chi connectivity index (χ4n) is 2.39. The molecule has 3 nitrogen and oxygen atoms in total. The van der Waals surface area contributed by atoms with Crippen LogP contribution in [0, 0.1) is 6.92 Å². The van der Waals surface area contributed by atoms with Crippen molar-refractivity contribution in [1.29, 1.82) is 0 Å². The molecule has 3 heteroatoms. The minimum atomic E-state index is 0.331. The van der Waals surface area contributed by atoms with Crippen LogP contribution in [-0.4, -0.2) is 9.97 Å². The summed E-state index contributed by atoms with van der Waals surface area (Å²) in [5.41, 5.74) is 4.82. The Bertz CT molecular complexity index is 698. The molecule has 3 aromatic rings. The van der Waals surface area contributed by atoms with Crippen LogP contribution in [0.25, 0.3) is 11.0 Å². The van der Waals surface area contributed by atoms with Crippen molar-refractivity contribution in [1.82, 2.24) is 15.3 Å². The second kappa shape index (κ2) is 5.47. The summed E-state index contributed by atoms with van der Waals surface area (Å²) in [5, 5.41) is 4.76. The van der Waals surface area contributed by atoms with E-state index in [0.717, 1.165) is 12.2 Å². The fourth-order valence-corrected chi connectivity index (χ4v) is 2.39. The molecule has 0 aliphatic rings. The highest BCUT2D eigenvalue weighted by molar-refractivity contribution is 5.79. The molecular formula is C17H19N3. The number of nitrogens with one attached hydrogen (secondary N) is 2. The molecule has 2 aromatic heterocycles. The van der Waals surface area contributed by atoms with E-state index in [9.17, 15) is 0 Å². The van der Waals surface area contributed by atoms with Crippen molar-refractivity contribution in [3.8, 4) is 0 Å². The number of nitrogens with zero attached hydrogens (tertiary/aromatic N) is 1. The van der Waals surface area contributed by atoms with E-state index < -0.39 is 0 Å². The third-order valence-electron chi connectivity index (χ3n) is 3.71. The van der Waals surface area contributed by atoms with Crippen LogP contribution < -0.4 is 5.32 Å². The van der Waals surface area contributed by atoms with Crippen molar-refractivity contribution in [3.63, 3.8) is 0 Å². The number of aromatic nitrogens is 2. The van der Waals surface area contributed by atoms with E-state index in [0.29, 0.717) is 6.04 Å². The van der Waals surface area contributed by atoms with Crippen molar-refractivity contribution in [2.75, 3.05) is 0 Å². The van der Waals surface area contributed by atoms with Crippen molar-refractivity contribution in [2.45, 2.75) is 26.4 Å². The third kappa shape index (κ3) is 2.58. The predicted molar refractivity (Wildman–Crippen MR) is 82.5 cm³/mol. The van der Waals surface area contributed by atoms with Gasteiger partial charge in [-0.2, -0.15) is 0 Å². The molecule has 20 heavy (non-hydrogen) atoms. The molecule has 0 fully saturated rings. The summed E-state index contributed by atoms with van der Waals surface area (Å²) in [6.45, 7) is 5.14. The summed E-state index contributed by atoms with van der Waals surface area (Å²) < 4.78 is 0. The number of fused-ring (bicyclic) bond motifs is 1. The van der Waals surface area contributed by atoms with E-state index in [-0.39, 0.29) is 0 Å². The summed E-state index contributed by atoms with van der Waals surface area (Å²) in [5.74, 6) is 0. The molecule has 0 spiro atoms. The molecule has 0 saturated heterocycles. The highest BCUT2D eigenvalue weighted by Crippen LogP contribution is 2.18. The molecule has 0 unspecified atom stereocenters. The normalized spacial score (nSPS) is 12.7. The lowest BCUT2D eigenvalue weighted by atomic mass is 10.1. The molecule has 0 aliphatic carbocycles. The zero-order valence-corrected chi connectivity index (χ0v) is 11.9. The maximum Gasteiger partial charge on any atom is 0.137 e. The van der Waals surface area contributed by atoms with Crippen molar-refractivity contribution >= 4 is 11.0 Å². The topological polar surface area (TPSA) is 40.7 Å². The van der Waals surface area contributed by atoms with Crippen LogP contribution in [0.3, 0.4) is 0 Å². The standard InChI is InChI=1S/C17H19N3/c1-12-5-7-14(8-6-12)13(2)19-10-15-11-20-17-16(15)4-3-9-18-17/h3-9,11,13,19H,10H2,1-2H3,(H,18,20)/t13-/m1/s1. The van der Waals surface area contributed by atoms with Crippen molar-refractivity contribution in [2.24, 2.45) is 0 Å². The highest BCUT2D eigenvalue weighted by atomic mass is 14.9. The molecule has 1 aromatic carbocycles. The first-order valence-electron chi connectivity index (χ1n) is 6.95. The van der Waals surface area contributed by atoms with Gasteiger partial charge in [-0.25, -0.2) is 4.98 Å². The van der Waals surface area contributed by atoms with Crippen LogP contribution in [-0.2, 0) is 6.54 Å². The Morgan fingerprint density at radius 3 is 2.80 bits per heavy atom. The monoisotopic (exact) mass is 265 g/mol. The second-order valence-corrected chi connectivity index (χ2v) is 5.23. The molecule has 0 saturated carbocycles. The number of pyridine rings is 1. The first-order valence-corrected chi connectivity index (χ1v) is 6.95. The van der Waals surface area contributed by atoms with Gasteiger partial charge >= 0.3 is 0 Å². The molecule has 0 amide bonds. The van der Waals surface area contributed by atoms with Gasteiger partial charge in [-0.3, -0.25) is 0 Å². The van der Waals surface area contributed by atoms with Crippen LogP contribution >= 0.6 is 0 Å². The van der Waals surface area contributed by atoms with Crippen molar-refractivity contribution < 1.29 is 0 Å². The van der Waals surface area contributed by atoms with Crippen molar-refractivity contribution in [3.05, 3.63) is 65.5 Å². The van der Waals surface area contributed by atoms with Gasteiger partial charge in [-0.15, -0.1) is 0 Å². The fraction of sp³-hybridized carbons (Fsp3) is 0.235. The van der Waals surface area contributed by atoms with E-state index in [2.05, 4.69) is 59.5 Å². The number of hydrogen-bond donors (Lipinski definition) is 2. The zero-order chi connectivity index (χ0) is 13.9. The van der Waals surface area contributed by atoms with Crippen LogP contribution in [0.4, 0.5) is 0 Å². The molecule has 0 bridgehead atoms. The quantitative estimate of drug-likeness (QED) is 0.754. The lowest BCUT2D eigenvalue weighted by molar-refractivity contribution is 0.576. The minimum Gasteiger partial charge on any atom is -0.346 e. The summed E-state index contributed by atoms with van der Waals surface area (Å²) in [6, 6.07) is 13.1. The average Bonchev–Trinajstić information content (AvgIpc) is 2.89. The molecule has 0 radical (unpaired) electrons. The molecule has 102 valence electrons. The van der Waals surface area contributed by atoms with Gasteiger partial charge < -0.3 is 10.3 Å². The smallest absolute Gasteiger partial charge is 0.137 e. The highest BCUT2D eigenvalue weighted by Gasteiger charge is 2.07. The summed E-state index contributed by atoms with van der Waals surface area (Å²) in [4.78, 5) is 7.52. The molecule has 1 atom stereocenters. The van der Waals surface area contributed by atoms with Gasteiger partial charge in [0.1, 0.15) is 5.65 Å². The van der Waals surface area contributed by atoms with E-state index in [1.165, 1.54) is 22.1 Å². The van der Waals surface area contributed by atoms with Gasteiger partial charge in [0.15, 0.2) is 0 Å². The number of rotatable bonds is 4. The van der Waals surface area contributed by atoms with E-state index >= 15 is 0 Å². The summed E-state index contributed by atoms with van der Waals surface area (Å²) in [7, 11) is 0. The Kier molecular flexibility index (Phi) is 3.52. The van der Waals surface area contributed by atoms with E-state index in [4.69, 9.17) is 0 Å². The Balaban J connectivity index is 1.71. The van der Waals surface area contributed by atoms with E-state index in [1.54, 1.807) is 0 Å². The third-order valence-corrected chi connectivity index (χ3v) is 3.71. The molecule has 2 N–H and O–H groups in total. The maximum absolute atomic E-state index is 4.31. The maximum atomic E-state index is 4.31. The largest absolute Gasteiger partial charge is 0.346 e. The van der Waals surface area contributed by atoms with Gasteiger partial charge in [0, 0.05) is 30.4 Å². The SMILES string of the molecule is Cc1ccc([C@@H](C)NCc2c[nH]c3ncccc23)cc1. The van der Waals surface area contributed by atoms with Crippen LogP contribution in [0.2, 0.25) is 0 Å². The number of aromatic amines is 1. The molecule has 3 rings (SSSR count). The van der Waals surface area contributed by atoms with Gasteiger partial charge in [0.2, 0.25) is 0 Å². The van der Waals surface area contributed by atoms with Crippen LogP contribution in [0.15, 0.2) is 48.8 Å². The van der Waals surface area contributed by atoms with Gasteiger partial charge in [0.05, 0.1) is 0 Å². The van der Waals surface area contributed by atoms with Gasteiger partial charge in [-0.1, -0.05) is 29.8 Å². The zero-order valence-electron chi connectivity index (χ0n) is 11.9. The van der Waals surface area contributed by atoms with E-state index in [1.807, 2.05) is 18.5 Å². The van der Waals surface area contributed by atoms with Gasteiger partial charge in [0.25, 0.3) is 0 Å². The second-order valence-electron chi connectivity index (χ2n) is 5.23. The summed E-state index contributed by atoms with van der Waals surface area (Å²) in [6.07, 6.45) is 3.84. The summed E-state index contributed by atoms with van der Waals surface area (Å²) >= 11 is 0. The number of aryl methyl sites for hydroxylation is 1. The lowest BCUT2D eigenvalue weighted by Crippen LogP contribution is -2.17. The lowest BCUT2D eigenvalue weighted by Gasteiger charge is -2.14. The first kappa shape index (κ1) is 12.9. The Hall–Kier alpha value is -2.13. The number of H-pyrrole nitrogens is 1.